The predicted molar refractivity (Wildman–Crippen MR) is 127 cm³/mol. The molecule has 3 aromatic rings. The quantitative estimate of drug-likeness (QED) is 0.452. The third-order valence-electron chi connectivity index (χ3n) is 6.66. The van der Waals surface area contributed by atoms with Gasteiger partial charge in [-0.2, -0.15) is 13.2 Å². The van der Waals surface area contributed by atoms with Crippen LogP contribution in [-0.2, 0) is 16.0 Å². The van der Waals surface area contributed by atoms with Crippen molar-refractivity contribution in [2.75, 3.05) is 13.1 Å². The first-order valence-corrected chi connectivity index (χ1v) is 13.3. The molecule has 1 saturated heterocycles. The molecule has 6 nitrogen and oxygen atoms in total. The maximum absolute atomic E-state index is 13.4. The van der Waals surface area contributed by atoms with Crippen molar-refractivity contribution in [1.29, 1.82) is 0 Å². The van der Waals surface area contributed by atoms with Gasteiger partial charge in [0.05, 0.1) is 15.2 Å². The fourth-order valence-corrected chi connectivity index (χ4v) is 6.88. The highest BCUT2D eigenvalue weighted by molar-refractivity contribution is 7.92. The molecule has 0 saturated carbocycles. The number of piperidine rings is 1. The summed E-state index contributed by atoms with van der Waals surface area (Å²) in [5.41, 5.74) is 0.296. The van der Waals surface area contributed by atoms with E-state index < -0.39 is 26.3 Å². The molecule has 0 spiro atoms. The third kappa shape index (κ3) is 4.84. The number of nitrogens with zero attached hydrogens (tertiary/aromatic N) is 3. The fraction of sp³-hybridized carbons (Fsp3) is 0.375. The van der Waals surface area contributed by atoms with Gasteiger partial charge in [-0.25, -0.2) is 8.42 Å². The van der Waals surface area contributed by atoms with Gasteiger partial charge < -0.3 is 4.90 Å². The number of carbonyl (C=O) groups excluding carboxylic acids is 1. The van der Waals surface area contributed by atoms with E-state index in [2.05, 4.69) is 9.59 Å². The normalized spacial score (nSPS) is 15.9. The number of alkyl halides is 3. The van der Waals surface area contributed by atoms with Gasteiger partial charge >= 0.3 is 6.18 Å². The molecule has 1 aliphatic rings. The maximum atomic E-state index is 13.4. The van der Waals surface area contributed by atoms with Gasteiger partial charge in [-0.05, 0) is 62.3 Å². The molecule has 35 heavy (non-hydrogen) atoms. The molecule has 0 aliphatic carbocycles. The van der Waals surface area contributed by atoms with Crippen LogP contribution in [0.15, 0.2) is 59.5 Å². The Morgan fingerprint density at radius 1 is 1.03 bits per heavy atom. The Bertz CT molecular complexity index is 1310. The molecule has 186 valence electrons. The van der Waals surface area contributed by atoms with Crippen molar-refractivity contribution in [2.24, 2.45) is 5.92 Å². The molecule has 0 atom stereocenters. The van der Waals surface area contributed by atoms with E-state index in [1.807, 2.05) is 30.3 Å². The molecule has 11 heteroatoms. The summed E-state index contributed by atoms with van der Waals surface area (Å²) in [6.45, 7) is 3.76. The molecule has 0 bridgehead atoms. The first-order chi connectivity index (χ1) is 16.4. The molecule has 1 amide bonds. The summed E-state index contributed by atoms with van der Waals surface area (Å²) in [7, 11) is -4.07. The molecule has 2 aromatic carbocycles. The molecule has 1 aliphatic heterocycles. The number of hydrogen-bond donors (Lipinski definition) is 0. The minimum atomic E-state index is -4.63. The Morgan fingerprint density at radius 3 is 2.31 bits per heavy atom. The number of sulfone groups is 1. The van der Waals surface area contributed by atoms with Gasteiger partial charge in [0.2, 0.25) is 0 Å². The first kappa shape index (κ1) is 25.3. The lowest BCUT2D eigenvalue weighted by Crippen LogP contribution is -2.47. The van der Waals surface area contributed by atoms with E-state index in [0.29, 0.717) is 42.6 Å². The van der Waals surface area contributed by atoms with E-state index in [1.165, 1.54) is 6.07 Å². The van der Waals surface area contributed by atoms with Crippen LogP contribution in [-0.4, -0.2) is 46.6 Å². The Balaban J connectivity index is 1.50. The Kier molecular flexibility index (Phi) is 6.76. The van der Waals surface area contributed by atoms with Crippen LogP contribution >= 0.6 is 11.5 Å². The van der Waals surface area contributed by atoms with Gasteiger partial charge in [0.25, 0.3) is 5.91 Å². The SMILES string of the molecule is CC(C)(C1CCN(C(=O)c2snnc2-c2ccccc2)CC1)S(=O)(=O)c1cccc(C(F)(F)F)c1. The van der Waals surface area contributed by atoms with E-state index in [4.69, 9.17) is 0 Å². The van der Waals surface area contributed by atoms with E-state index in [1.54, 1.807) is 18.7 Å². The van der Waals surface area contributed by atoms with E-state index in [9.17, 15) is 26.4 Å². The largest absolute Gasteiger partial charge is 0.416 e. The second-order valence-corrected chi connectivity index (χ2v) is 12.3. The summed E-state index contributed by atoms with van der Waals surface area (Å²) in [5, 5.41) is 4.11. The lowest BCUT2D eigenvalue weighted by Gasteiger charge is -2.40. The molecule has 1 aromatic heterocycles. The molecular formula is C24H24F3N3O3S2. The van der Waals surface area contributed by atoms with Crippen LogP contribution in [0.2, 0.25) is 0 Å². The van der Waals surface area contributed by atoms with Crippen molar-refractivity contribution in [3.63, 3.8) is 0 Å². The number of hydrogen-bond acceptors (Lipinski definition) is 6. The summed E-state index contributed by atoms with van der Waals surface area (Å²) in [6, 6.07) is 13.1. The molecule has 1 fully saturated rings. The second kappa shape index (κ2) is 9.34. The minimum Gasteiger partial charge on any atom is -0.338 e. The smallest absolute Gasteiger partial charge is 0.338 e. The van der Waals surface area contributed by atoms with Crippen molar-refractivity contribution in [3.05, 3.63) is 65.0 Å². The summed E-state index contributed by atoms with van der Waals surface area (Å²) in [6.07, 6.45) is -3.82. The van der Waals surface area contributed by atoms with Crippen molar-refractivity contribution < 1.29 is 26.4 Å². The Labute approximate surface area is 205 Å². The highest BCUT2D eigenvalue weighted by atomic mass is 32.2. The standard InChI is InChI=1S/C24H24F3N3O3S2/c1-23(2,35(32,33)19-10-6-9-18(15-19)24(25,26)27)17-11-13-30(14-12-17)22(31)21-20(28-29-34-21)16-7-4-3-5-8-16/h3-10,15,17H,11-14H2,1-2H3. The average molecular weight is 524 g/mol. The van der Waals surface area contributed by atoms with Crippen LogP contribution in [0.4, 0.5) is 13.2 Å². The van der Waals surface area contributed by atoms with Crippen LogP contribution in [0.1, 0.15) is 41.9 Å². The van der Waals surface area contributed by atoms with Crippen molar-refractivity contribution in [2.45, 2.75) is 42.5 Å². The lowest BCUT2D eigenvalue weighted by atomic mass is 9.85. The van der Waals surface area contributed by atoms with Gasteiger partial charge in [-0.15, -0.1) is 5.10 Å². The van der Waals surface area contributed by atoms with Crippen LogP contribution in [0.25, 0.3) is 11.3 Å². The van der Waals surface area contributed by atoms with Crippen LogP contribution in [0.5, 0.6) is 0 Å². The monoisotopic (exact) mass is 523 g/mol. The zero-order valence-electron chi connectivity index (χ0n) is 19.1. The third-order valence-corrected chi connectivity index (χ3v) is 9.97. The lowest BCUT2D eigenvalue weighted by molar-refractivity contribution is -0.137. The van der Waals surface area contributed by atoms with Crippen LogP contribution < -0.4 is 0 Å². The zero-order valence-corrected chi connectivity index (χ0v) is 20.8. The topological polar surface area (TPSA) is 80.2 Å². The number of halogens is 3. The van der Waals surface area contributed by atoms with Gasteiger partial charge in [-0.1, -0.05) is 40.9 Å². The summed E-state index contributed by atoms with van der Waals surface area (Å²) >= 11 is 1.02. The number of likely N-dealkylation sites (tertiary alicyclic amines) is 1. The zero-order chi connectivity index (χ0) is 25.4. The van der Waals surface area contributed by atoms with Gasteiger partial charge in [-0.3, -0.25) is 4.79 Å². The number of amides is 1. The summed E-state index contributed by atoms with van der Waals surface area (Å²) in [5.74, 6) is -0.546. The maximum Gasteiger partial charge on any atom is 0.416 e. The summed E-state index contributed by atoms with van der Waals surface area (Å²) in [4.78, 5) is 14.9. The number of rotatable bonds is 5. The van der Waals surface area contributed by atoms with E-state index in [-0.39, 0.29) is 16.7 Å². The van der Waals surface area contributed by atoms with Crippen LogP contribution in [0, 0.1) is 5.92 Å². The molecule has 2 heterocycles. The average Bonchev–Trinajstić information content (AvgIpc) is 3.34. The van der Waals surface area contributed by atoms with Gasteiger partial charge in [0.15, 0.2) is 9.84 Å². The second-order valence-electron chi connectivity index (χ2n) is 9.02. The Hall–Kier alpha value is -2.79. The predicted octanol–water partition coefficient (Wildman–Crippen LogP) is 5.33. The van der Waals surface area contributed by atoms with E-state index >= 15 is 0 Å². The molecule has 4 rings (SSSR count). The molecule has 0 N–H and O–H groups in total. The van der Waals surface area contributed by atoms with Crippen molar-refractivity contribution in [1.82, 2.24) is 14.5 Å². The molecular weight excluding hydrogens is 499 g/mol. The van der Waals surface area contributed by atoms with E-state index in [0.717, 1.165) is 29.2 Å². The highest BCUT2D eigenvalue weighted by Gasteiger charge is 2.45. The Morgan fingerprint density at radius 2 is 1.69 bits per heavy atom. The fourth-order valence-electron chi connectivity index (χ4n) is 4.40. The van der Waals surface area contributed by atoms with Crippen molar-refractivity contribution >= 4 is 27.3 Å². The number of aromatic nitrogens is 2. The van der Waals surface area contributed by atoms with Crippen molar-refractivity contribution in [3.8, 4) is 11.3 Å². The highest BCUT2D eigenvalue weighted by Crippen LogP contribution is 2.40. The molecule has 0 radical (unpaired) electrons. The minimum absolute atomic E-state index is 0.212. The van der Waals surface area contributed by atoms with Gasteiger partial charge in [0, 0.05) is 18.7 Å². The summed E-state index contributed by atoms with van der Waals surface area (Å²) < 4.78 is 68.8. The first-order valence-electron chi connectivity index (χ1n) is 11.0. The molecule has 0 unspecified atom stereocenters. The van der Waals surface area contributed by atoms with Gasteiger partial charge in [0.1, 0.15) is 10.6 Å². The number of carbonyl (C=O) groups is 1. The number of benzene rings is 2. The van der Waals surface area contributed by atoms with Crippen LogP contribution in [0.3, 0.4) is 0 Å².